The van der Waals surface area contributed by atoms with Crippen LogP contribution >= 0.6 is 0 Å². The number of rotatable bonds is 8. The van der Waals surface area contributed by atoms with Gasteiger partial charge in [0.1, 0.15) is 0 Å². The van der Waals surface area contributed by atoms with E-state index in [1.807, 2.05) is 27.7 Å². The minimum Gasteiger partial charge on any atom is -0.399 e. The highest BCUT2D eigenvalue weighted by Crippen LogP contribution is 2.36. The lowest BCUT2D eigenvalue weighted by molar-refractivity contribution is 0.00578. The van der Waals surface area contributed by atoms with Crippen LogP contribution in [0.3, 0.4) is 0 Å². The Morgan fingerprint density at radius 3 is 2.40 bits per heavy atom. The van der Waals surface area contributed by atoms with E-state index < -0.39 is 28.2 Å². The van der Waals surface area contributed by atoms with E-state index in [2.05, 4.69) is 14.9 Å². The Bertz CT molecular complexity index is 798. The van der Waals surface area contributed by atoms with E-state index in [0.717, 1.165) is 32.2 Å². The molecule has 2 fully saturated rings. The first-order valence-corrected chi connectivity index (χ1v) is 12.5. The summed E-state index contributed by atoms with van der Waals surface area (Å²) >= 11 is 0. The summed E-state index contributed by atoms with van der Waals surface area (Å²) in [7, 11) is -4.16. The second-order valence-electron chi connectivity index (χ2n) is 9.26. The van der Waals surface area contributed by atoms with Crippen molar-refractivity contribution in [2.45, 2.75) is 82.2 Å². The third kappa shape index (κ3) is 5.22. The number of likely N-dealkylation sites (tertiary alicyclic amines) is 1. The quantitative estimate of drug-likeness (QED) is 0.476. The fourth-order valence-corrected chi connectivity index (χ4v) is 5.15. The van der Waals surface area contributed by atoms with Gasteiger partial charge in [-0.1, -0.05) is 6.42 Å². The van der Waals surface area contributed by atoms with Crippen molar-refractivity contribution in [3.05, 3.63) is 12.4 Å². The standard InChI is InChI=1S/C20H34BN3O5S/c1-19(2)20(3,4)29-21(28-19)16-14-22-18(23-15-16)30(26,27)13-7-9-17-8-5-6-10-24(17)11-12-25/h14-15,17,25H,5-13H2,1-4H3/t17-/m0/s1. The molecule has 1 aromatic rings. The molecular formula is C20H34BN3O5S. The first-order chi connectivity index (χ1) is 14.1. The molecule has 2 aliphatic rings. The van der Waals surface area contributed by atoms with Crippen LogP contribution in [0.5, 0.6) is 0 Å². The van der Waals surface area contributed by atoms with Crippen LogP contribution in [0.25, 0.3) is 0 Å². The number of nitrogens with zero attached hydrogens (tertiary/aromatic N) is 3. The van der Waals surface area contributed by atoms with E-state index in [0.29, 0.717) is 24.5 Å². The molecule has 1 atom stereocenters. The molecule has 2 aliphatic heterocycles. The van der Waals surface area contributed by atoms with Gasteiger partial charge in [0.2, 0.25) is 15.0 Å². The molecular weight excluding hydrogens is 405 g/mol. The second-order valence-corrected chi connectivity index (χ2v) is 11.3. The maximum Gasteiger partial charge on any atom is 0.498 e. The van der Waals surface area contributed by atoms with Crippen LogP contribution in [0, 0.1) is 0 Å². The molecule has 10 heteroatoms. The largest absolute Gasteiger partial charge is 0.498 e. The third-order valence-corrected chi connectivity index (χ3v) is 8.13. The Morgan fingerprint density at radius 1 is 1.17 bits per heavy atom. The molecule has 1 N–H and O–H groups in total. The minimum absolute atomic E-state index is 0.0201. The van der Waals surface area contributed by atoms with Crippen molar-refractivity contribution < 1.29 is 22.8 Å². The Kier molecular flexibility index (Phi) is 7.24. The normalized spacial score (nSPS) is 24.3. The first kappa shape index (κ1) is 23.6. The Labute approximate surface area is 180 Å². The maximum atomic E-state index is 12.7. The summed E-state index contributed by atoms with van der Waals surface area (Å²) in [6.07, 6.45) is 7.65. The molecule has 0 saturated carbocycles. The van der Waals surface area contributed by atoms with E-state index in [1.54, 1.807) is 0 Å². The van der Waals surface area contributed by atoms with Crippen LogP contribution in [0.4, 0.5) is 0 Å². The average molecular weight is 439 g/mol. The van der Waals surface area contributed by atoms with Crippen molar-refractivity contribution >= 4 is 22.4 Å². The zero-order valence-corrected chi connectivity index (χ0v) is 19.3. The number of sulfone groups is 1. The van der Waals surface area contributed by atoms with Gasteiger partial charge in [-0.2, -0.15) is 0 Å². The summed E-state index contributed by atoms with van der Waals surface area (Å²) in [5.41, 5.74) is -0.355. The number of aliphatic hydroxyl groups is 1. The molecule has 0 unspecified atom stereocenters. The van der Waals surface area contributed by atoms with Crippen LogP contribution in [0.15, 0.2) is 17.6 Å². The van der Waals surface area contributed by atoms with Gasteiger partial charge in [0.15, 0.2) is 0 Å². The highest BCUT2D eigenvalue weighted by atomic mass is 32.2. The third-order valence-electron chi connectivity index (χ3n) is 6.54. The summed E-state index contributed by atoms with van der Waals surface area (Å²) in [5, 5.41) is 9.07. The molecule has 8 nitrogen and oxygen atoms in total. The van der Waals surface area contributed by atoms with Crippen molar-refractivity contribution in [3.8, 4) is 0 Å². The van der Waals surface area contributed by atoms with Crippen molar-refractivity contribution in [2.24, 2.45) is 0 Å². The SMILES string of the molecule is CC1(C)OB(c2cnc(S(=O)(=O)CCC[C@@H]3CCCCN3CCO)nc2)OC1(C)C. The maximum absolute atomic E-state index is 12.7. The summed E-state index contributed by atoms with van der Waals surface area (Å²) in [6.45, 7) is 9.60. The molecule has 2 saturated heterocycles. The lowest BCUT2D eigenvalue weighted by atomic mass is 9.81. The molecule has 1 aromatic heterocycles. The topological polar surface area (TPSA) is 102 Å². The zero-order valence-electron chi connectivity index (χ0n) is 18.5. The lowest BCUT2D eigenvalue weighted by Gasteiger charge is -2.35. The minimum atomic E-state index is -3.55. The summed E-state index contributed by atoms with van der Waals surface area (Å²) < 4.78 is 37.3. The van der Waals surface area contributed by atoms with Gasteiger partial charge < -0.3 is 14.4 Å². The molecule has 0 amide bonds. The van der Waals surface area contributed by atoms with E-state index in [4.69, 9.17) is 9.31 Å². The van der Waals surface area contributed by atoms with Crippen LogP contribution in [0.1, 0.15) is 59.8 Å². The number of hydrogen-bond donors (Lipinski definition) is 1. The smallest absolute Gasteiger partial charge is 0.399 e. The lowest BCUT2D eigenvalue weighted by Crippen LogP contribution is -2.41. The van der Waals surface area contributed by atoms with E-state index in [9.17, 15) is 13.5 Å². The van der Waals surface area contributed by atoms with Gasteiger partial charge in [0, 0.05) is 30.4 Å². The van der Waals surface area contributed by atoms with Gasteiger partial charge in [0.05, 0.1) is 23.6 Å². The average Bonchev–Trinajstić information content (AvgIpc) is 2.91. The van der Waals surface area contributed by atoms with Crippen LogP contribution in [0.2, 0.25) is 0 Å². The molecule has 3 heterocycles. The van der Waals surface area contributed by atoms with Crippen LogP contribution in [-0.4, -0.2) is 78.2 Å². The Hall–Kier alpha value is -1.07. The van der Waals surface area contributed by atoms with Crippen LogP contribution < -0.4 is 5.46 Å². The van der Waals surface area contributed by atoms with Crippen LogP contribution in [-0.2, 0) is 19.1 Å². The Balaban J connectivity index is 1.58. The van der Waals surface area contributed by atoms with Gasteiger partial charge in [-0.3, -0.25) is 4.90 Å². The van der Waals surface area contributed by atoms with Gasteiger partial charge in [-0.15, -0.1) is 0 Å². The van der Waals surface area contributed by atoms with Gasteiger partial charge in [0.25, 0.3) is 0 Å². The highest BCUT2D eigenvalue weighted by molar-refractivity contribution is 7.91. The number of hydrogen-bond acceptors (Lipinski definition) is 8. The van der Waals surface area contributed by atoms with Gasteiger partial charge in [-0.25, -0.2) is 18.4 Å². The summed E-state index contributed by atoms with van der Waals surface area (Å²) in [6, 6.07) is 0.341. The molecule has 30 heavy (non-hydrogen) atoms. The number of β-amino-alcohol motifs (C(OH)–C–C–N with tert-alkyl or cyclic N) is 1. The molecule has 168 valence electrons. The van der Waals surface area contributed by atoms with Gasteiger partial charge in [-0.05, 0) is 59.9 Å². The fourth-order valence-electron chi connectivity index (χ4n) is 4.00. The molecule has 3 rings (SSSR count). The molecule has 0 aliphatic carbocycles. The molecule has 0 bridgehead atoms. The van der Waals surface area contributed by atoms with E-state index >= 15 is 0 Å². The van der Waals surface area contributed by atoms with Crippen molar-refractivity contribution in [2.75, 3.05) is 25.4 Å². The first-order valence-electron chi connectivity index (χ1n) is 10.8. The number of piperidine rings is 1. The zero-order chi connectivity index (χ0) is 22.0. The Morgan fingerprint density at radius 2 is 1.80 bits per heavy atom. The molecule has 0 spiro atoms. The molecule has 0 aromatic carbocycles. The summed E-state index contributed by atoms with van der Waals surface area (Å²) in [5.74, 6) is 0.0201. The van der Waals surface area contributed by atoms with Crippen molar-refractivity contribution in [3.63, 3.8) is 0 Å². The highest BCUT2D eigenvalue weighted by Gasteiger charge is 2.52. The van der Waals surface area contributed by atoms with Crippen molar-refractivity contribution in [1.29, 1.82) is 0 Å². The van der Waals surface area contributed by atoms with Crippen molar-refractivity contribution in [1.82, 2.24) is 14.9 Å². The fraction of sp³-hybridized carbons (Fsp3) is 0.800. The predicted molar refractivity (Wildman–Crippen MR) is 115 cm³/mol. The second kappa shape index (κ2) is 9.20. The summed E-state index contributed by atoms with van der Waals surface area (Å²) in [4.78, 5) is 10.5. The number of aromatic nitrogens is 2. The molecule has 0 radical (unpaired) electrons. The van der Waals surface area contributed by atoms with E-state index in [1.165, 1.54) is 12.4 Å². The van der Waals surface area contributed by atoms with Gasteiger partial charge >= 0.3 is 7.12 Å². The van der Waals surface area contributed by atoms with E-state index in [-0.39, 0.29) is 17.5 Å². The predicted octanol–water partition coefficient (Wildman–Crippen LogP) is 1.18. The monoisotopic (exact) mass is 439 g/mol. The number of aliphatic hydroxyl groups excluding tert-OH is 1.